The van der Waals surface area contributed by atoms with Gasteiger partial charge in [0.05, 0.1) is 9.79 Å². The molecule has 0 saturated carbocycles. The van der Waals surface area contributed by atoms with Crippen molar-refractivity contribution < 1.29 is 17.9 Å². The molecular formula is C18H12ClFO3S. The normalized spacial score (nSPS) is 11.4. The van der Waals surface area contributed by atoms with Crippen molar-refractivity contribution in [3.63, 3.8) is 0 Å². The monoisotopic (exact) mass is 362 g/mol. The molecule has 0 fully saturated rings. The lowest BCUT2D eigenvalue weighted by atomic mass is 10.0. The molecule has 0 aliphatic heterocycles. The Morgan fingerprint density at radius 2 is 1.54 bits per heavy atom. The Hall–Kier alpha value is -2.37. The fourth-order valence-electron chi connectivity index (χ4n) is 2.34. The van der Waals surface area contributed by atoms with Gasteiger partial charge in [-0.15, -0.1) is 0 Å². The molecule has 0 unspecified atom stereocenters. The second kappa shape index (κ2) is 6.26. The molecule has 0 heterocycles. The number of benzene rings is 3. The average molecular weight is 363 g/mol. The molecule has 3 rings (SSSR count). The van der Waals surface area contributed by atoms with Crippen molar-refractivity contribution in [3.05, 3.63) is 77.6 Å². The van der Waals surface area contributed by atoms with Crippen LogP contribution in [0.5, 0.6) is 5.75 Å². The van der Waals surface area contributed by atoms with Crippen molar-refractivity contribution in [1.82, 2.24) is 0 Å². The van der Waals surface area contributed by atoms with Gasteiger partial charge in [-0.1, -0.05) is 35.9 Å². The Morgan fingerprint density at radius 1 is 0.833 bits per heavy atom. The maximum atomic E-state index is 13.4. The lowest BCUT2D eigenvalue weighted by Crippen LogP contribution is -2.01. The predicted molar refractivity (Wildman–Crippen MR) is 90.4 cm³/mol. The van der Waals surface area contributed by atoms with Crippen LogP contribution in [0.4, 0.5) is 4.39 Å². The van der Waals surface area contributed by atoms with E-state index in [2.05, 4.69) is 0 Å². The maximum absolute atomic E-state index is 13.4. The number of hydrogen-bond donors (Lipinski definition) is 1. The number of phenolic OH excluding ortho intramolecular Hbond substituents is 1. The second-order valence-corrected chi connectivity index (χ2v) is 7.48. The van der Waals surface area contributed by atoms with Crippen molar-refractivity contribution >= 4 is 21.4 Å². The van der Waals surface area contributed by atoms with Gasteiger partial charge in [0.1, 0.15) is 11.6 Å². The first-order chi connectivity index (χ1) is 11.4. The molecule has 0 atom stereocenters. The van der Waals surface area contributed by atoms with E-state index in [-0.39, 0.29) is 26.1 Å². The minimum absolute atomic E-state index is 0.0262. The lowest BCUT2D eigenvalue weighted by Gasteiger charge is -2.10. The summed E-state index contributed by atoms with van der Waals surface area (Å²) >= 11 is 6.18. The van der Waals surface area contributed by atoms with Gasteiger partial charge in [-0.3, -0.25) is 0 Å². The minimum Gasteiger partial charge on any atom is -0.507 e. The Bertz CT molecular complexity index is 1000. The molecule has 6 heteroatoms. The summed E-state index contributed by atoms with van der Waals surface area (Å²) in [5.41, 5.74) is 0.546. The largest absolute Gasteiger partial charge is 0.507 e. The SMILES string of the molecule is O=S(=O)(c1ccccc1)c1ccc(-c2cc(F)ccc2O)c(Cl)c1. The van der Waals surface area contributed by atoms with Crippen LogP contribution in [-0.2, 0) is 9.84 Å². The van der Waals surface area contributed by atoms with E-state index in [0.29, 0.717) is 5.56 Å². The highest BCUT2D eigenvalue weighted by atomic mass is 35.5. The summed E-state index contributed by atoms with van der Waals surface area (Å²) < 4.78 is 38.6. The second-order valence-electron chi connectivity index (χ2n) is 5.12. The molecule has 122 valence electrons. The van der Waals surface area contributed by atoms with Crippen LogP contribution in [0.15, 0.2) is 76.5 Å². The molecule has 0 radical (unpaired) electrons. The van der Waals surface area contributed by atoms with Crippen LogP contribution in [0.25, 0.3) is 11.1 Å². The summed E-state index contributed by atoms with van der Waals surface area (Å²) in [6, 6.07) is 15.6. The Balaban J connectivity index is 2.10. The topological polar surface area (TPSA) is 54.4 Å². The van der Waals surface area contributed by atoms with Crippen molar-refractivity contribution in [2.45, 2.75) is 9.79 Å². The van der Waals surface area contributed by atoms with E-state index < -0.39 is 15.7 Å². The average Bonchev–Trinajstić information content (AvgIpc) is 2.58. The molecule has 0 saturated heterocycles. The number of halogens is 2. The number of hydrogen-bond acceptors (Lipinski definition) is 3. The summed E-state index contributed by atoms with van der Waals surface area (Å²) in [5, 5.41) is 9.98. The Morgan fingerprint density at radius 3 is 2.21 bits per heavy atom. The fraction of sp³-hybridized carbons (Fsp3) is 0. The molecular weight excluding hydrogens is 351 g/mol. The minimum atomic E-state index is -3.70. The van der Waals surface area contributed by atoms with Gasteiger partial charge < -0.3 is 5.11 Å². The molecule has 0 bridgehead atoms. The van der Waals surface area contributed by atoms with E-state index in [0.717, 1.165) is 12.1 Å². The summed E-state index contributed by atoms with van der Waals surface area (Å²) in [5.74, 6) is -0.670. The van der Waals surface area contributed by atoms with Crippen LogP contribution in [0.2, 0.25) is 5.02 Å². The summed E-state index contributed by atoms with van der Waals surface area (Å²) in [6.45, 7) is 0. The number of phenols is 1. The third-order valence-electron chi connectivity index (χ3n) is 3.55. The zero-order valence-corrected chi connectivity index (χ0v) is 13.9. The van der Waals surface area contributed by atoms with Gasteiger partial charge in [-0.2, -0.15) is 0 Å². The maximum Gasteiger partial charge on any atom is 0.206 e. The zero-order chi connectivity index (χ0) is 17.3. The fourth-order valence-corrected chi connectivity index (χ4v) is 4.00. The van der Waals surface area contributed by atoms with E-state index in [1.807, 2.05) is 0 Å². The first-order valence-corrected chi connectivity index (χ1v) is 8.84. The smallest absolute Gasteiger partial charge is 0.206 e. The van der Waals surface area contributed by atoms with Gasteiger partial charge >= 0.3 is 0 Å². The van der Waals surface area contributed by atoms with E-state index in [9.17, 15) is 17.9 Å². The van der Waals surface area contributed by atoms with Crippen LogP contribution >= 0.6 is 11.6 Å². The van der Waals surface area contributed by atoms with Crippen LogP contribution in [-0.4, -0.2) is 13.5 Å². The molecule has 3 aromatic rings. The van der Waals surface area contributed by atoms with Crippen molar-refractivity contribution in [3.8, 4) is 16.9 Å². The molecule has 24 heavy (non-hydrogen) atoms. The highest BCUT2D eigenvalue weighted by Crippen LogP contribution is 2.36. The van der Waals surface area contributed by atoms with Gasteiger partial charge in [0.15, 0.2) is 0 Å². The molecule has 0 aromatic heterocycles. The van der Waals surface area contributed by atoms with Gasteiger partial charge in [0.2, 0.25) is 9.84 Å². The molecule has 3 aromatic carbocycles. The molecule has 1 N–H and O–H groups in total. The summed E-state index contributed by atoms with van der Waals surface area (Å²) in [6.07, 6.45) is 0. The zero-order valence-electron chi connectivity index (χ0n) is 12.3. The quantitative estimate of drug-likeness (QED) is 0.735. The molecule has 0 aliphatic rings. The van der Waals surface area contributed by atoms with Crippen molar-refractivity contribution in [2.24, 2.45) is 0 Å². The van der Waals surface area contributed by atoms with E-state index >= 15 is 0 Å². The molecule has 0 spiro atoms. The third-order valence-corrected chi connectivity index (χ3v) is 5.63. The predicted octanol–water partition coefficient (Wildman–Crippen LogP) is 4.68. The summed E-state index contributed by atoms with van der Waals surface area (Å²) in [4.78, 5) is 0.181. The molecule has 0 aliphatic carbocycles. The van der Waals surface area contributed by atoms with Gasteiger partial charge in [0, 0.05) is 16.1 Å². The number of aromatic hydroxyl groups is 1. The number of rotatable bonds is 3. The number of sulfone groups is 1. The van der Waals surface area contributed by atoms with Crippen LogP contribution in [0.3, 0.4) is 0 Å². The highest BCUT2D eigenvalue weighted by molar-refractivity contribution is 7.91. The van der Waals surface area contributed by atoms with Crippen LogP contribution in [0.1, 0.15) is 0 Å². The van der Waals surface area contributed by atoms with Crippen molar-refractivity contribution in [2.75, 3.05) is 0 Å². The first-order valence-electron chi connectivity index (χ1n) is 6.98. The van der Waals surface area contributed by atoms with E-state index in [1.54, 1.807) is 18.2 Å². The Kier molecular flexibility index (Phi) is 4.30. The van der Waals surface area contributed by atoms with E-state index in [1.165, 1.54) is 36.4 Å². The van der Waals surface area contributed by atoms with Gasteiger partial charge in [-0.25, -0.2) is 12.8 Å². The Labute approximate surface area is 143 Å². The van der Waals surface area contributed by atoms with E-state index in [4.69, 9.17) is 11.6 Å². The molecule has 0 amide bonds. The lowest BCUT2D eigenvalue weighted by molar-refractivity contribution is 0.475. The van der Waals surface area contributed by atoms with Crippen LogP contribution < -0.4 is 0 Å². The summed E-state index contributed by atoms with van der Waals surface area (Å²) in [7, 11) is -3.70. The highest BCUT2D eigenvalue weighted by Gasteiger charge is 2.19. The third kappa shape index (κ3) is 3.00. The molecule has 3 nitrogen and oxygen atoms in total. The standard InChI is InChI=1S/C18H12ClFO3S/c19-17-11-14(24(22,23)13-4-2-1-3-5-13)7-8-15(17)16-10-12(20)6-9-18(16)21/h1-11,21H. The first kappa shape index (κ1) is 16.5. The van der Waals surface area contributed by atoms with Gasteiger partial charge in [-0.05, 0) is 42.5 Å². The van der Waals surface area contributed by atoms with Gasteiger partial charge in [0.25, 0.3) is 0 Å². The van der Waals surface area contributed by atoms with Crippen molar-refractivity contribution in [1.29, 1.82) is 0 Å². The van der Waals surface area contributed by atoms with Crippen LogP contribution in [0, 0.1) is 5.82 Å².